The van der Waals surface area contributed by atoms with Gasteiger partial charge in [-0.3, -0.25) is 4.79 Å². The summed E-state index contributed by atoms with van der Waals surface area (Å²) in [5, 5.41) is 6.40. The number of hydrogen-bond acceptors (Lipinski definition) is 2. The van der Waals surface area contributed by atoms with E-state index in [4.69, 9.17) is 11.6 Å². The van der Waals surface area contributed by atoms with Gasteiger partial charge >= 0.3 is 6.03 Å². The van der Waals surface area contributed by atoms with E-state index < -0.39 is 6.04 Å². The Balaban J connectivity index is 1.62. The Morgan fingerprint density at radius 3 is 2.68 bits per heavy atom. The maximum Gasteiger partial charge on any atom is 0.318 e. The monoisotopic (exact) mass is 321 g/mol. The van der Waals surface area contributed by atoms with E-state index in [0.29, 0.717) is 24.5 Å². The van der Waals surface area contributed by atoms with Crippen LogP contribution in [0.5, 0.6) is 0 Å². The van der Waals surface area contributed by atoms with Crippen molar-refractivity contribution in [2.24, 2.45) is 0 Å². The second kappa shape index (κ2) is 6.57. The highest BCUT2D eigenvalue weighted by Crippen LogP contribution is 2.33. The van der Waals surface area contributed by atoms with E-state index in [1.807, 2.05) is 24.3 Å². The third kappa shape index (κ3) is 3.19. The van der Waals surface area contributed by atoms with Crippen LogP contribution in [0.1, 0.15) is 37.3 Å². The number of likely N-dealkylation sites (tertiary alicyclic amines) is 1. The maximum absolute atomic E-state index is 12.4. The summed E-state index contributed by atoms with van der Waals surface area (Å²) in [6.45, 7) is 1.41. The van der Waals surface area contributed by atoms with Gasteiger partial charge in [-0.2, -0.15) is 0 Å². The minimum absolute atomic E-state index is 0.0746. The Hall–Kier alpha value is -1.75. The van der Waals surface area contributed by atoms with Crippen LogP contribution in [-0.2, 0) is 4.79 Å². The van der Waals surface area contributed by atoms with Gasteiger partial charge in [-0.1, -0.05) is 23.7 Å². The van der Waals surface area contributed by atoms with Crippen molar-refractivity contribution in [3.05, 3.63) is 34.9 Å². The molecule has 2 heterocycles. The van der Waals surface area contributed by atoms with Crippen molar-refractivity contribution >= 4 is 23.5 Å². The average Bonchev–Trinajstić information content (AvgIpc) is 2.65. The SMILES string of the molecule is O=C1NCCCC[C@@H]1NC(=O)N1CC[C@H]1c1ccc(Cl)cc1. The standard InChI is InChI=1S/C16H20ClN3O2/c17-12-6-4-11(5-7-12)14-8-10-20(14)16(22)19-13-3-1-2-9-18-15(13)21/h4-7,13-14H,1-3,8-10H2,(H,18,21)(H,19,22)/t13-,14-/m0/s1. The Labute approximate surface area is 135 Å². The summed E-state index contributed by atoms with van der Waals surface area (Å²) in [6.07, 6.45) is 3.56. The summed E-state index contributed by atoms with van der Waals surface area (Å²) < 4.78 is 0. The highest BCUT2D eigenvalue weighted by Gasteiger charge is 2.35. The molecule has 3 amide bonds. The van der Waals surface area contributed by atoms with Crippen molar-refractivity contribution in [1.29, 1.82) is 0 Å². The molecule has 0 aliphatic carbocycles. The summed E-state index contributed by atoms with van der Waals surface area (Å²) in [5.74, 6) is -0.0746. The van der Waals surface area contributed by atoms with Crippen LogP contribution in [0.15, 0.2) is 24.3 Å². The van der Waals surface area contributed by atoms with Gasteiger partial charge in [0, 0.05) is 18.1 Å². The summed E-state index contributed by atoms with van der Waals surface area (Å²) in [7, 11) is 0. The fourth-order valence-electron chi connectivity index (χ4n) is 2.97. The number of hydrogen-bond donors (Lipinski definition) is 2. The largest absolute Gasteiger partial charge is 0.354 e. The van der Waals surface area contributed by atoms with Gasteiger partial charge in [0.2, 0.25) is 5.91 Å². The molecule has 2 fully saturated rings. The number of nitrogens with one attached hydrogen (secondary N) is 2. The summed E-state index contributed by atoms with van der Waals surface area (Å²) in [4.78, 5) is 26.1. The van der Waals surface area contributed by atoms with Gasteiger partial charge in [0.15, 0.2) is 0 Å². The molecule has 1 aromatic rings. The fraction of sp³-hybridized carbons (Fsp3) is 0.500. The first kappa shape index (κ1) is 15.2. The minimum atomic E-state index is -0.415. The van der Waals surface area contributed by atoms with Crippen LogP contribution >= 0.6 is 11.6 Å². The van der Waals surface area contributed by atoms with Crippen molar-refractivity contribution in [2.75, 3.05) is 13.1 Å². The highest BCUT2D eigenvalue weighted by molar-refractivity contribution is 6.30. The number of benzene rings is 1. The molecule has 6 heteroatoms. The lowest BCUT2D eigenvalue weighted by atomic mass is 9.95. The molecule has 22 heavy (non-hydrogen) atoms. The zero-order valence-electron chi connectivity index (χ0n) is 12.3. The summed E-state index contributed by atoms with van der Waals surface area (Å²) >= 11 is 5.90. The first-order valence-electron chi connectivity index (χ1n) is 7.75. The van der Waals surface area contributed by atoms with Crippen molar-refractivity contribution in [3.63, 3.8) is 0 Å². The molecule has 2 saturated heterocycles. The minimum Gasteiger partial charge on any atom is -0.354 e. The van der Waals surface area contributed by atoms with E-state index in [1.54, 1.807) is 4.90 Å². The second-order valence-electron chi connectivity index (χ2n) is 5.84. The van der Waals surface area contributed by atoms with Gasteiger partial charge in [-0.05, 0) is 43.4 Å². The van der Waals surface area contributed by atoms with Crippen LogP contribution in [0.3, 0.4) is 0 Å². The third-order valence-electron chi connectivity index (χ3n) is 4.37. The van der Waals surface area contributed by atoms with E-state index in [9.17, 15) is 9.59 Å². The molecule has 2 aliphatic heterocycles. The quantitative estimate of drug-likeness (QED) is 0.879. The van der Waals surface area contributed by atoms with Crippen molar-refractivity contribution in [1.82, 2.24) is 15.5 Å². The molecule has 2 aliphatic rings. The van der Waals surface area contributed by atoms with Gasteiger partial charge in [-0.25, -0.2) is 4.79 Å². The van der Waals surface area contributed by atoms with Gasteiger partial charge in [0.25, 0.3) is 0 Å². The fourth-order valence-corrected chi connectivity index (χ4v) is 3.10. The Kier molecular flexibility index (Phi) is 4.52. The van der Waals surface area contributed by atoms with Gasteiger partial charge in [-0.15, -0.1) is 0 Å². The molecule has 0 spiro atoms. The average molecular weight is 322 g/mol. The number of rotatable bonds is 2. The van der Waals surface area contributed by atoms with Crippen LogP contribution in [0.25, 0.3) is 0 Å². The highest BCUT2D eigenvalue weighted by atomic mass is 35.5. The van der Waals surface area contributed by atoms with E-state index in [1.165, 1.54) is 0 Å². The summed E-state index contributed by atoms with van der Waals surface area (Å²) in [5.41, 5.74) is 1.08. The molecule has 5 nitrogen and oxygen atoms in total. The second-order valence-corrected chi connectivity index (χ2v) is 6.27. The number of nitrogens with zero attached hydrogens (tertiary/aromatic N) is 1. The number of urea groups is 1. The van der Waals surface area contributed by atoms with Crippen molar-refractivity contribution < 1.29 is 9.59 Å². The lowest BCUT2D eigenvalue weighted by Crippen LogP contribution is -2.55. The number of carbonyl (C=O) groups excluding carboxylic acids is 2. The van der Waals surface area contributed by atoms with Gasteiger partial charge < -0.3 is 15.5 Å². The number of carbonyl (C=O) groups is 2. The molecule has 3 rings (SSSR count). The maximum atomic E-state index is 12.4. The molecule has 0 unspecified atom stereocenters. The molecule has 1 aromatic carbocycles. The Morgan fingerprint density at radius 2 is 2.00 bits per heavy atom. The van der Waals surface area contributed by atoms with Crippen molar-refractivity contribution in [2.45, 2.75) is 37.8 Å². The predicted octanol–water partition coefficient (Wildman–Crippen LogP) is 2.47. The molecule has 118 valence electrons. The molecule has 0 aromatic heterocycles. The number of halogens is 1. The Bertz CT molecular complexity index is 561. The van der Waals surface area contributed by atoms with Gasteiger partial charge in [0.1, 0.15) is 6.04 Å². The first-order chi connectivity index (χ1) is 10.6. The molecule has 2 atom stereocenters. The zero-order valence-corrected chi connectivity index (χ0v) is 13.1. The molecule has 2 N–H and O–H groups in total. The number of amides is 3. The van der Waals surface area contributed by atoms with Crippen LogP contribution < -0.4 is 10.6 Å². The topological polar surface area (TPSA) is 61.4 Å². The van der Waals surface area contributed by atoms with E-state index in [2.05, 4.69) is 10.6 Å². The molecular weight excluding hydrogens is 302 g/mol. The lowest BCUT2D eigenvalue weighted by Gasteiger charge is -2.41. The van der Waals surface area contributed by atoms with E-state index >= 15 is 0 Å². The smallest absolute Gasteiger partial charge is 0.318 e. The van der Waals surface area contributed by atoms with Crippen LogP contribution in [0.4, 0.5) is 4.79 Å². The normalized spacial score (nSPS) is 25.0. The van der Waals surface area contributed by atoms with E-state index in [-0.39, 0.29) is 18.0 Å². The summed E-state index contributed by atoms with van der Waals surface area (Å²) in [6, 6.07) is 7.07. The molecule has 0 bridgehead atoms. The zero-order chi connectivity index (χ0) is 15.5. The van der Waals surface area contributed by atoms with Crippen molar-refractivity contribution in [3.8, 4) is 0 Å². The first-order valence-corrected chi connectivity index (χ1v) is 8.13. The van der Waals surface area contributed by atoms with E-state index in [0.717, 1.165) is 24.8 Å². The molecule has 0 radical (unpaired) electrons. The van der Waals surface area contributed by atoms with Gasteiger partial charge in [0.05, 0.1) is 6.04 Å². The Morgan fingerprint density at radius 1 is 1.23 bits per heavy atom. The lowest BCUT2D eigenvalue weighted by molar-refractivity contribution is -0.122. The van der Waals surface area contributed by atoms with Crippen LogP contribution in [0, 0.1) is 0 Å². The molecule has 0 saturated carbocycles. The third-order valence-corrected chi connectivity index (χ3v) is 4.62. The van der Waals surface area contributed by atoms with Crippen LogP contribution in [-0.4, -0.2) is 36.0 Å². The predicted molar refractivity (Wildman–Crippen MR) is 84.7 cm³/mol. The van der Waals surface area contributed by atoms with Crippen LogP contribution in [0.2, 0.25) is 5.02 Å². The molecular formula is C16H20ClN3O2.